The van der Waals surface area contributed by atoms with Crippen molar-refractivity contribution >= 4 is 0 Å². The molecule has 1 aromatic carbocycles. The lowest BCUT2D eigenvalue weighted by atomic mass is 9.76. The van der Waals surface area contributed by atoms with Crippen molar-refractivity contribution in [3.8, 4) is 5.75 Å². The third-order valence-corrected chi connectivity index (χ3v) is 4.99. The van der Waals surface area contributed by atoms with Crippen LogP contribution in [0.5, 0.6) is 5.75 Å². The summed E-state index contributed by atoms with van der Waals surface area (Å²) in [4.78, 5) is 0. The third-order valence-electron chi connectivity index (χ3n) is 4.99. The van der Waals surface area contributed by atoms with E-state index >= 15 is 0 Å². The molecule has 0 spiro atoms. The molecule has 1 aliphatic carbocycles. The Balaban J connectivity index is 2.08. The first-order chi connectivity index (χ1) is 9.06. The Morgan fingerprint density at radius 2 is 1.89 bits per heavy atom. The minimum Gasteiger partial charge on any atom is -0.487 e. The Bertz CT molecular complexity index is 472. The highest BCUT2D eigenvalue weighted by atomic mass is 16.5. The molecule has 0 unspecified atom stereocenters. The van der Waals surface area contributed by atoms with Crippen molar-refractivity contribution in [1.29, 1.82) is 0 Å². The van der Waals surface area contributed by atoms with Gasteiger partial charge in [0.2, 0.25) is 0 Å². The maximum atomic E-state index is 6.33. The first kappa shape index (κ1) is 13.0. The smallest absolute Gasteiger partial charge is 0.127 e. The molecular weight excluding hydrogens is 234 g/mol. The predicted octanol–water partition coefficient (Wildman–Crippen LogP) is 3.56. The maximum absolute atomic E-state index is 6.33. The van der Waals surface area contributed by atoms with Gasteiger partial charge in [-0.05, 0) is 45.1 Å². The average molecular weight is 259 g/mol. The second-order valence-electron chi connectivity index (χ2n) is 6.85. The summed E-state index contributed by atoms with van der Waals surface area (Å²) in [5.74, 6) is 1.14. The van der Waals surface area contributed by atoms with E-state index in [-0.39, 0.29) is 11.0 Å². The van der Waals surface area contributed by atoms with E-state index in [2.05, 4.69) is 32.0 Å². The van der Waals surface area contributed by atoms with Gasteiger partial charge < -0.3 is 10.5 Å². The summed E-state index contributed by atoms with van der Waals surface area (Å²) in [5.41, 5.74) is 9.01. The normalized spacial score (nSPS) is 23.7. The van der Waals surface area contributed by atoms with Crippen molar-refractivity contribution in [2.75, 3.05) is 6.54 Å². The minimum atomic E-state index is -0.0442. The number of aryl methyl sites for hydroxylation is 1. The summed E-state index contributed by atoms with van der Waals surface area (Å²) in [6.45, 7) is 5.13. The van der Waals surface area contributed by atoms with Crippen LogP contribution in [0, 0.1) is 0 Å². The van der Waals surface area contributed by atoms with E-state index in [4.69, 9.17) is 10.5 Å². The summed E-state index contributed by atoms with van der Waals surface area (Å²) < 4.78 is 6.33. The van der Waals surface area contributed by atoms with Gasteiger partial charge >= 0.3 is 0 Å². The Hall–Kier alpha value is -1.02. The summed E-state index contributed by atoms with van der Waals surface area (Å²) in [5, 5.41) is 0. The van der Waals surface area contributed by atoms with Crippen LogP contribution in [0.1, 0.15) is 57.1 Å². The molecule has 1 aromatic rings. The van der Waals surface area contributed by atoms with E-state index < -0.39 is 0 Å². The van der Waals surface area contributed by atoms with Gasteiger partial charge in [0.25, 0.3) is 0 Å². The summed E-state index contributed by atoms with van der Waals surface area (Å²) in [6, 6.07) is 6.65. The lowest BCUT2D eigenvalue weighted by molar-refractivity contribution is 0.0813. The highest BCUT2D eigenvalue weighted by Crippen LogP contribution is 2.47. The van der Waals surface area contributed by atoms with Crippen LogP contribution >= 0.6 is 0 Å². The van der Waals surface area contributed by atoms with Crippen LogP contribution in [-0.2, 0) is 11.8 Å². The van der Waals surface area contributed by atoms with Crippen LogP contribution in [0.4, 0.5) is 0 Å². The largest absolute Gasteiger partial charge is 0.487 e. The molecule has 2 aliphatic rings. The molecule has 1 saturated carbocycles. The molecule has 3 rings (SSSR count). The minimum absolute atomic E-state index is 0.0442. The van der Waals surface area contributed by atoms with Crippen molar-refractivity contribution < 1.29 is 4.74 Å². The first-order valence-electron chi connectivity index (χ1n) is 7.58. The number of hydrogen-bond donors (Lipinski definition) is 1. The molecule has 1 fully saturated rings. The number of nitrogens with two attached hydrogens (primary N) is 1. The standard InChI is InChI=1S/C17H25NO/c1-16(2)11-8-13-6-5-7-14(15(13)19-16)17(12-18)9-3-4-10-17/h5-7H,3-4,8-12,18H2,1-2H3. The molecule has 0 atom stereocenters. The van der Waals surface area contributed by atoms with Crippen LogP contribution in [0.25, 0.3) is 0 Å². The van der Waals surface area contributed by atoms with Gasteiger partial charge in [-0.3, -0.25) is 0 Å². The number of benzene rings is 1. The van der Waals surface area contributed by atoms with Crippen LogP contribution in [0.2, 0.25) is 0 Å². The molecule has 2 nitrogen and oxygen atoms in total. The SMILES string of the molecule is CC1(C)CCc2cccc(C3(CN)CCCC3)c2O1. The van der Waals surface area contributed by atoms with Gasteiger partial charge in [0, 0.05) is 17.5 Å². The zero-order valence-electron chi connectivity index (χ0n) is 12.2. The lowest BCUT2D eigenvalue weighted by Gasteiger charge is -2.38. The molecule has 1 aliphatic heterocycles. The van der Waals surface area contributed by atoms with E-state index in [1.807, 2.05) is 0 Å². The first-order valence-corrected chi connectivity index (χ1v) is 7.58. The summed E-state index contributed by atoms with van der Waals surface area (Å²) in [7, 11) is 0. The number of ether oxygens (including phenoxy) is 1. The van der Waals surface area contributed by atoms with E-state index in [0.29, 0.717) is 0 Å². The fourth-order valence-electron chi connectivity index (χ4n) is 3.72. The van der Waals surface area contributed by atoms with Crippen molar-refractivity contribution in [3.05, 3.63) is 29.3 Å². The lowest BCUT2D eigenvalue weighted by Crippen LogP contribution is -2.37. The van der Waals surface area contributed by atoms with E-state index in [0.717, 1.165) is 25.1 Å². The second kappa shape index (κ2) is 4.52. The predicted molar refractivity (Wildman–Crippen MR) is 78.7 cm³/mol. The van der Waals surface area contributed by atoms with Crippen molar-refractivity contribution in [3.63, 3.8) is 0 Å². The Labute approximate surface area is 116 Å². The van der Waals surface area contributed by atoms with Gasteiger partial charge in [-0.25, -0.2) is 0 Å². The van der Waals surface area contributed by atoms with Gasteiger partial charge in [-0.15, -0.1) is 0 Å². The quantitative estimate of drug-likeness (QED) is 0.881. The topological polar surface area (TPSA) is 35.2 Å². The highest BCUT2D eigenvalue weighted by molar-refractivity contribution is 5.48. The van der Waals surface area contributed by atoms with Gasteiger partial charge in [0.15, 0.2) is 0 Å². The zero-order chi connectivity index (χ0) is 13.5. The second-order valence-corrected chi connectivity index (χ2v) is 6.85. The third kappa shape index (κ3) is 2.16. The fraction of sp³-hybridized carbons (Fsp3) is 0.647. The fourth-order valence-corrected chi connectivity index (χ4v) is 3.72. The Kier molecular flexibility index (Phi) is 3.09. The van der Waals surface area contributed by atoms with E-state index in [1.165, 1.54) is 36.8 Å². The molecule has 0 radical (unpaired) electrons. The molecule has 2 N–H and O–H groups in total. The van der Waals surface area contributed by atoms with E-state index in [1.54, 1.807) is 0 Å². The summed E-state index contributed by atoms with van der Waals surface area (Å²) >= 11 is 0. The molecule has 19 heavy (non-hydrogen) atoms. The zero-order valence-corrected chi connectivity index (χ0v) is 12.2. The summed E-state index contributed by atoms with van der Waals surface area (Å²) in [6.07, 6.45) is 7.23. The maximum Gasteiger partial charge on any atom is 0.127 e. The van der Waals surface area contributed by atoms with E-state index in [9.17, 15) is 0 Å². The Morgan fingerprint density at radius 1 is 1.16 bits per heavy atom. The molecule has 2 heteroatoms. The van der Waals surface area contributed by atoms with Crippen LogP contribution in [-0.4, -0.2) is 12.1 Å². The molecule has 0 bridgehead atoms. The number of hydrogen-bond acceptors (Lipinski definition) is 2. The molecule has 0 saturated heterocycles. The van der Waals surface area contributed by atoms with Gasteiger partial charge in [0.1, 0.15) is 11.4 Å². The Morgan fingerprint density at radius 3 is 2.58 bits per heavy atom. The van der Waals surface area contributed by atoms with Gasteiger partial charge in [0.05, 0.1) is 0 Å². The van der Waals surface area contributed by atoms with Crippen molar-refractivity contribution in [1.82, 2.24) is 0 Å². The number of rotatable bonds is 2. The van der Waals surface area contributed by atoms with Crippen LogP contribution in [0.3, 0.4) is 0 Å². The molecular formula is C17H25NO. The van der Waals surface area contributed by atoms with Crippen LogP contribution < -0.4 is 10.5 Å². The van der Waals surface area contributed by atoms with Gasteiger partial charge in [-0.1, -0.05) is 31.0 Å². The van der Waals surface area contributed by atoms with Crippen molar-refractivity contribution in [2.24, 2.45) is 5.73 Å². The number of para-hydroxylation sites is 1. The molecule has 104 valence electrons. The highest BCUT2D eigenvalue weighted by Gasteiger charge is 2.39. The van der Waals surface area contributed by atoms with Crippen molar-refractivity contribution in [2.45, 2.75) is 63.4 Å². The molecule has 0 amide bonds. The van der Waals surface area contributed by atoms with Crippen LogP contribution in [0.15, 0.2) is 18.2 Å². The monoisotopic (exact) mass is 259 g/mol. The molecule has 1 heterocycles. The molecule has 0 aromatic heterocycles. The van der Waals surface area contributed by atoms with Gasteiger partial charge in [-0.2, -0.15) is 0 Å². The average Bonchev–Trinajstić information content (AvgIpc) is 2.87. The number of fused-ring (bicyclic) bond motifs is 1.